The molecule has 2 aromatic heterocycles. The van der Waals surface area contributed by atoms with E-state index in [2.05, 4.69) is 132 Å². The third-order valence-electron chi connectivity index (χ3n) is 8.69. The van der Waals surface area contributed by atoms with Crippen molar-refractivity contribution in [1.29, 1.82) is 0 Å². The molecule has 0 radical (unpaired) electrons. The molecule has 0 saturated heterocycles. The first-order valence-electron chi connectivity index (χ1n) is 15.2. The Labute approximate surface area is 260 Å². The molecular weight excluding hydrogens is 550 g/mol. The molecule has 0 amide bonds. The van der Waals surface area contributed by atoms with Crippen LogP contribution in [-0.2, 0) is 0 Å². The lowest BCUT2D eigenvalue weighted by atomic mass is 9.99. The molecule has 45 heavy (non-hydrogen) atoms. The average Bonchev–Trinajstić information content (AvgIpc) is 3.68. The second-order valence-electron chi connectivity index (χ2n) is 11.4. The number of hydrogen-bond acceptors (Lipinski definition) is 3. The van der Waals surface area contributed by atoms with Crippen LogP contribution in [0.2, 0.25) is 0 Å². The third kappa shape index (κ3) is 4.29. The number of hydrogen-bond donors (Lipinski definition) is 0. The lowest BCUT2D eigenvalue weighted by Gasteiger charge is -2.26. The van der Waals surface area contributed by atoms with Gasteiger partial charge in [0.15, 0.2) is 0 Å². The second-order valence-corrected chi connectivity index (χ2v) is 11.4. The summed E-state index contributed by atoms with van der Waals surface area (Å²) < 4.78 is 12.5. The molecule has 0 fully saturated rings. The van der Waals surface area contributed by atoms with Crippen molar-refractivity contribution in [2.24, 2.45) is 0 Å². The smallest absolute Gasteiger partial charge is 0.137 e. The van der Waals surface area contributed by atoms with Gasteiger partial charge in [0.1, 0.15) is 22.3 Å². The van der Waals surface area contributed by atoms with E-state index in [0.29, 0.717) is 0 Å². The van der Waals surface area contributed by atoms with Gasteiger partial charge in [0.2, 0.25) is 0 Å². The van der Waals surface area contributed by atoms with Crippen molar-refractivity contribution in [1.82, 2.24) is 0 Å². The van der Waals surface area contributed by atoms with Crippen molar-refractivity contribution in [3.05, 3.63) is 164 Å². The molecule has 212 valence electrons. The maximum atomic E-state index is 6.30. The van der Waals surface area contributed by atoms with E-state index < -0.39 is 0 Å². The number of anilines is 3. The molecule has 0 unspecified atom stereocenters. The molecule has 0 aliphatic carbocycles. The van der Waals surface area contributed by atoms with Crippen LogP contribution in [-0.4, -0.2) is 0 Å². The fourth-order valence-corrected chi connectivity index (χ4v) is 6.54. The molecule has 0 spiro atoms. The van der Waals surface area contributed by atoms with Crippen molar-refractivity contribution >= 4 is 60.9 Å². The largest absolute Gasteiger partial charge is 0.456 e. The highest BCUT2D eigenvalue weighted by atomic mass is 16.3. The maximum Gasteiger partial charge on any atom is 0.137 e. The summed E-state index contributed by atoms with van der Waals surface area (Å²) in [6.45, 7) is 0. The Morgan fingerprint density at radius 2 is 0.867 bits per heavy atom. The summed E-state index contributed by atoms with van der Waals surface area (Å²) in [7, 11) is 0. The zero-order valence-corrected chi connectivity index (χ0v) is 24.4. The first-order valence-corrected chi connectivity index (χ1v) is 15.2. The van der Waals surface area contributed by atoms with E-state index in [-0.39, 0.29) is 0 Å². The van der Waals surface area contributed by atoms with E-state index >= 15 is 0 Å². The number of nitrogens with zero attached hydrogens (tertiary/aromatic N) is 1. The fraction of sp³-hybridized carbons (Fsp3) is 0. The number of benzene rings is 7. The van der Waals surface area contributed by atoms with Gasteiger partial charge in [-0.05, 0) is 76.9 Å². The Kier molecular flexibility index (Phi) is 5.82. The molecule has 0 aliphatic heterocycles. The number of rotatable bonds is 5. The standard InChI is InChI=1S/C42H27NO2/c1-2-9-28(10-3-1)29-17-21-31(22-18-29)43(33-25-26-36-35-11-4-6-14-38(35)45-41(36)27-33)32-23-19-30(20-24-32)34-13-8-16-40-42(34)37-12-5-7-15-39(37)44-40/h1-27H. The molecule has 2 heterocycles. The van der Waals surface area contributed by atoms with Gasteiger partial charge in [-0.2, -0.15) is 0 Å². The van der Waals surface area contributed by atoms with E-state index in [0.717, 1.165) is 72.1 Å². The highest BCUT2D eigenvalue weighted by Gasteiger charge is 2.17. The van der Waals surface area contributed by atoms with E-state index in [9.17, 15) is 0 Å². The first-order chi connectivity index (χ1) is 22.3. The second kappa shape index (κ2) is 10.3. The molecule has 3 nitrogen and oxygen atoms in total. The maximum absolute atomic E-state index is 6.30. The summed E-state index contributed by atoms with van der Waals surface area (Å²) in [5.41, 5.74) is 11.4. The third-order valence-corrected chi connectivity index (χ3v) is 8.69. The summed E-state index contributed by atoms with van der Waals surface area (Å²) in [6.07, 6.45) is 0. The molecule has 0 atom stereocenters. The van der Waals surface area contributed by atoms with Gasteiger partial charge < -0.3 is 13.7 Å². The Balaban J connectivity index is 1.17. The normalized spacial score (nSPS) is 11.6. The predicted molar refractivity (Wildman–Crippen MR) is 187 cm³/mol. The van der Waals surface area contributed by atoms with E-state index in [1.807, 2.05) is 36.4 Å². The van der Waals surface area contributed by atoms with Crippen molar-refractivity contribution in [2.45, 2.75) is 0 Å². The minimum absolute atomic E-state index is 0.870. The van der Waals surface area contributed by atoms with Gasteiger partial charge in [-0.3, -0.25) is 0 Å². The molecule has 0 bridgehead atoms. The summed E-state index contributed by atoms with van der Waals surface area (Å²) in [5.74, 6) is 0. The van der Waals surface area contributed by atoms with Crippen molar-refractivity contribution < 1.29 is 8.83 Å². The molecule has 0 aliphatic rings. The molecule has 9 rings (SSSR count). The number of fused-ring (bicyclic) bond motifs is 6. The zero-order chi connectivity index (χ0) is 29.7. The monoisotopic (exact) mass is 577 g/mol. The molecule has 9 aromatic rings. The zero-order valence-electron chi connectivity index (χ0n) is 24.4. The first kappa shape index (κ1) is 25.4. The van der Waals surface area contributed by atoms with Crippen LogP contribution in [0.5, 0.6) is 0 Å². The molecule has 0 N–H and O–H groups in total. The van der Waals surface area contributed by atoms with E-state index in [4.69, 9.17) is 8.83 Å². The molecule has 7 aromatic carbocycles. The Bertz CT molecular complexity index is 2470. The van der Waals surface area contributed by atoms with Crippen molar-refractivity contribution in [3.8, 4) is 22.3 Å². The van der Waals surface area contributed by atoms with Crippen LogP contribution >= 0.6 is 0 Å². The topological polar surface area (TPSA) is 29.5 Å². The van der Waals surface area contributed by atoms with Crippen LogP contribution in [0, 0.1) is 0 Å². The predicted octanol–water partition coefficient (Wildman–Crippen LogP) is 12.3. The van der Waals surface area contributed by atoms with Gasteiger partial charge in [-0.25, -0.2) is 0 Å². The average molecular weight is 578 g/mol. The van der Waals surface area contributed by atoms with Crippen LogP contribution in [0.1, 0.15) is 0 Å². The highest BCUT2D eigenvalue weighted by Crippen LogP contribution is 2.41. The Morgan fingerprint density at radius 3 is 1.62 bits per heavy atom. The molecule has 0 saturated carbocycles. The van der Waals surface area contributed by atoms with Gasteiger partial charge in [-0.15, -0.1) is 0 Å². The lowest BCUT2D eigenvalue weighted by molar-refractivity contribution is 0.668. The van der Waals surface area contributed by atoms with E-state index in [1.165, 1.54) is 11.1 Å². The summed E-state index contributed by atoms with van der Waals surface area (Å²) in [4.78, 5) is 2.29. The fourth-order valence-electron chi connectivity index (χ4n) is 6.54. The van der Waals surface area contributed by atoms with Crippen LogP contribution in [0.15, 0.2) is 173 Å². The van der Waals surface area contributed by atoms with Gasteiger partial charge in [0.05, 0.1) is 0 Å². The van der Waals surface area contributed by atoms with Crippen molar-refractivity contribution in [2.75, 3.05) is 4.90 Å². The van der Waals surface area contributed by atoms with Crippen LogP contribution < -0.4 is 4.90 Å². The van der Waals surface area contributed by atoms with Crippen LogP contribution in [0.25, 0.3) is 66.1 Å². The van der Waals surface area contributed by atoms with Crippen LogP contribution in [0.3, 0.4) is 0 Å². The summed E-state index contributed by atoms with van der Waals surface area (Å²) in [5, 5.41) is 4.52. The Hall–Kier alpha value is -6.06. The van der Waals surface area contributed by atoms with Gasteiger partial charge in [0.25, 0.3) is 0 Å². The minimum Gasteiger partial charge on any atom is -0.456 e. The number of para-hydroxylation sites is 2. The van der Waals surface area contributed by atoms with Gasteiger partial charge in [-0.1, -0.05) is 103 Å². The lowest BCUT2D eigenvalue weighted by Crippen LogP contribution is -2.09. The van der Waals surface area contributed by atoms with Crippen molar-refractivity contribution in [3.63, 3.8) is 0 Å². The van der Waals surface area contributed by atoms with Gasteiger partial charge in [0, 0.05) is 44.7 Å². The van der Waals surface area contributed by atoms with Crippen LogP contribution in [0.4, 0.5) is 17.1 Å². The number of furan rings is 2. The minimum atomic E-state index is 0.870. The highest BCUT2D eigenvalue weighted by molar-refractivity contribution is 6.12. The molecular formula is C42H27NO2. The summed E-state index contributed by atoms with van der Waals surface area (Å²) >= 11 is 0. The summed E-state index contributed by atoms with van der Waals surface area (Å²) in [6, 6.07) is 57.3. The Morgan fingerprint density at radius 1 is 0.333 bits per heavy atom. The molecule has 3 heteroatoms. The van der Waals surface area contributed by atoms with E-state index in [1.54, 1.807) is 0 Å². The SMILES string of the molecule is c1ccc(-c2ccc(N(c3ccc(-c4cccc5oc6ccccc6c45)cc3)c3ccc4c(c3)oc3ccccc34)cc2)cc1. The quantitative estimate of drug-likeness (QED) is 0.204. The van der Waals surface area contributed by atoms with Gasteiger partial charge >= 0.3 is 0 Å².